The maximum atomic E-state index is 5.81. The predicted molar refractivity (Wildman–Crippen MR) is 76.2 cm³/mol. The highest BCUT2D eigenvalue weighted by atomic mass is 16.5. The maximum absolute atomic E-state index is 5.81. The van der Waals surface area contributed by atoms with Crippen molar-refractivity contribution in [3.63, 3.8) is 0 Å². The number of furan rings is 1. The number of methoxy groups -OCH3 is 1. The van der Waals surface area contributed by atoms with Crippen molar-refractivity contribution in [2.24, 2.45) is 0 Å². The summed E-state index contributed by atoms with van der Waals surface area (Å²) in [5.74, 6) is 1.85. The van der Waals surface area contributed by atoms with Crippen LogP contribution < -0.4 is 5.32 Å². The molecule has 0 radical (unpaired) electrons. The van der Waals surface area contributed by atoms with E-state index in [-0.39, 0.29) is 11.6 Å². The van der Waals surface area contributed by atoms with Gasteiger partial charge in [0.1, 0.15) is 18.1 Å². The van der Waals surface area contributed by atoms with Gasteiger partial charge in [-0.05, 0) is 46.2 Å². The highest BCUT2D eigenvalue weighted by Crippen LogP contribution is 2.17. The van der Waals surface area contributed by atoms with Crippen LogP contribution in [0.2, 0.25) is 0 Å². The maximum Gasteiger partial charge on any atom is 0.130 e. The second-order valence-corrected chi connectivity index (χ2v) is 6.00. The molecular weight excluding hydrogens is 242 g/mol. The minimum absolute atomic E-state index is 0.0755. The molecule has 0 bridgehead atoms. The van der Waals surface area contributed by atoms with E-state index in [0.717, 1.165) is 23.6 Å². The van der Waals surface area contributed by atoms with Gasteiger partial charge in [-0.15, -0.1) is 0 Å². The third-order valence-electron chi connectivity index (χ3n) is 2.76. The summed E-state index contributed by atoms with van der Waals surface area (Å²) in [7, 11) is 1.67. The summed E-state index contributed by atoms with van der Waals surface area (Å²) in [6.07, 6.45) is 0.0755. The van der Waals surface area contributed by atoms with Crippen molar-refractivity contribution >= 4 is 0 Å². The van der Waals surface area contributed by atoms with Gasteiger partial charge in [-0.1, -0.05) is 0 Å². The molecular formula is C15H27NO3. The first-order valence-corrected chi connectivity index (χ1v) is 6.75. The van der Waals surface area contributed by atoms with Crippen molar-refractivity contribution in [1.82, 2.24) is 5.32 Å². The average molecular weight is 269 g/mol. The van der Waals surface area contributed by atoms with E-state index in [4.69, 9.17) is 13.9 Å². The number of hydrogen-bond donors (Lipinski definition) is 1. The van der Waals surface area contributed by atoms with E-state index in [0.29, 0.717) is 13.2 Å². The molecule has 19 heavy (non-hydrogen) atoms. The molecule has 1 N–H and O–H groups in total. The van der Waals surface area contributed by atoms with E-state index in [1.807, 2.05) is 13.0 Å². The fourth-order valence-electron chi connectivity index (χ4n) is 1.69. The summed E-state index contributed by atoms with van der Waals surface area (Å²) in [4.78, 5) is 0. The van der Waals surface area contributed by atoms with Crippen LogP contribution in [0.5, 0.6) is 0 Å². The molecule has 0 amide bonds. The first-order chi connectivity index (χ1) is 8.81. The predicted octanol–water partition coefficient (Wildman–Crippen LogP) is 3.03. The molecule has 1 unspecified atom stereocenters. The van der Waals surface area contributed by atoms with Crippen LogP contribution in [0.3, 0.4) is 0 Å². The van der Waals surface area contributed by atoms with Crippen LogP contribution in [0.4, 0.5) is 0 Å². The lowest BCUT2D eigenvalue weighted by Gasteiger charge is -2.19. The minimum Gasteiger partial charge on any atom is -0.462 e. The van der Waals surface area contributed by atoms with Gasteiger partial charge in [0, 0.05) is 12.6 Å². The smallest absolute Gasteiger partial charge is 0.130 e. The van der Waals surface area contributed by atoms with Crippen LogP contribution in [0.15, 0.2) is 10.5 Å². The third kappa shape index (κ3) is 6.23. The zero-order chi connectivity index (χ0) is 14.5. The van der Waals surface area contributed by atoms with Gasteiger partial charge in [0.05, 0.1) is 19.3 Å². The van der Waals surface area contributed by atoms with Crippen molar-refractivity contribution in [3.8, 4) is 0 Å². The number of hydrogen-bond acceptors (Lipinski definition) is 4. The van der Waals surface area contributed by atoms with Gasteiger partial charge in [0.2, 0.25) is 0 Å². The Morgan fingerprint density at radius 3 is 2.63 bits per heavy atom. The number of nitrogens with one attached hydrogen (secondary N) is 1. The van der Waals surface area contributed by atoms with Gasteiger partial charge >= 0.3 is 0 Å². The molecule has 110 valence electrons. The van der Waals surface area contributed by atoms with E-state index < -0.39 is 0 Å². The molecule has 0 saturated heterocycles. The Kier molecular flexibility index (Phi) is 6.04. The Labute approximate surface area is 116 Å². The molecule has 4 heteroatoms. The fourth-order valence-corrected chi connectivity index (χ4v) is 1.69. The largest absolute Gasteiger partial charge is 0.462 e. The van der Waals surface area contributed by atoms with E-state index in [1.54, 1.807) is 7.11 Å². The summed E-state index contributed by atoms with van der Waals surface area (Å²) in [5.41, 5.74) is 1.25. The molecule has 0 fully saturated rings. The Hall–Kier alpha value is -0.840. The summed E-state index contributed by atoms with van der Waals surface area (Å²) < 4.78 is 16.5. The van der Waals surface area contributed by atoms with Crippen molar-refractivity contribution < 1.29 is 13.9 Å². The molecule has 0 spiro atoms. The summed E-state index contributed by atoms with van der Waals surface area (Å²) in [5, 5.41) is 3.42. The summed E-state index contributed by atoms with van der Waals surface area (Å²) in [6, 6.07) is 2.04. The molecule has 0 aromatic carbocycles. The van der Waals surface area contributed by atoms with Gasteiger partial charge in [0.15, 0.2) is 0 Å². The highest BCUT2D eigenvalue weighted by Gasteiger charge is 2.13. The van der Waals surface area contributed by atoms with E-state index in [1.165, 1.54) is 0 Å². The standard InChI is InChI=1S/C15H27NO3/c1-11-7-13(10-18-12(2)9-17-6)19-14(11)8-16-15(3,4)5/h7,12,16H,8-10H2,1-6H3. The zero-order valence-electron chi connectivity index (χ0n) is 13.0. The van der Waals surface area contributed by atoms with Crippen LogP contribution in [-0.4, -0.2) is 25.4 Å². The Morgan fingerprint density at radius 2 is 2.05 bits per heavy atom. The van der Waals surface area contributed by atoms with E-state index in [9.17, 15) is 0 Å². The van der Waals surface area contributed by atoms with Gasteiger partial charge in [-0.3, -0.25) is 0 Å². The van der Waals surface area contributed by atoms with Crippen molar-refractivity contribution in [2.75, 3.05) is 13.7 Å². The molecule has 0 aliphatic rings. The van der Waals surface area contributed by atoms with Crippen molar-refractivity contribution in [3.05, 3.63) is 23.2 Å². The van der Waals surface area contributed by atoms with Crippen LogP contribution >= 0.6 is 0 Å². The highest BCUT2D eigenvalue weighted by molar-refractivity contribution is 5.19. The SMILES string of the molecule is COCC(C)OCc1cc(C)c(CNC(C)(C)C)o1. The second kappa shape index (κ2) is 7.08. The lowest BCUT2D eigenvalue weighted by atomic mass is 10.1. The van der Waals surface area contributed by atoms with Crippen molar-refractivity contribution in [2.45, 2.75) is 59.4 Å². The van der Waals surface area contributed by atoms with Gasteiger partial charge < -0.3 is 19.2 Å². The van der Waals surface area contributed by atoms with Crippen molar-refractivity contribution in [1.29, 1.82) is 0 Å². The third-order valence-corrected chi connectivity index (χ3v) is 2.76. The normalized spacial score (nSPS) is 13.8. The molecule has 4 nitrogen and oxygen atoms in total. The monoisotopic (exact) mass is 269 g/mol. The van der Waals surface area contributed by atoms with Gasteiger partial charge in [0.25, 0.3) is 0 Å². The fraction of sp³-hybridized carbons (Fsp3) is 0.733. The zero-order valence-corrected chi connectivity index (χ0v) is 13.0. The van der Waals surface area contributed by atoms with Crippen LogP contribution in [-0.2, 0) is 22.6 Å². The van der Waals surface area contributed by atoms with E-state index >= 15 is 0 Å². The number of ether oxygens (including phenoxy) is 2. The van der Waals surface area contributed by atoms with Gasteiger partial charge in [-0.2, -0.15) is 0 Å². The summed E-state index contributed by atoms with van der Waals surface area (Å²) >= 11 is 0. The first-order valence-electron chi connectivity index (χ1n) is 6.75. The molecule has 1 aromatic heterocycles. The lowest BCUT2D eigenvalue weighted by molar-refractivity contribution is -0.00667. The minimum atomic E-state index is 0.0755. The number of rotatable bonds is 7. The molecule has 1 atom stereocenters. The quantitative estimate of drug-likeness (QED) is 0.826. The molecule has 1 heterocycles. The molecule has 0 aliphatic heterocycles. The molecule has 0 saturated carbocycles. The van der Waals surface area contributed by atoms with Gasteiger partial charge in [-0.25, -0.2) is 0 Å². The second-order valence-electron chi connectivity index (χ2n) is 6.00. The molecule has 1 rings (SSSR count). The van der Waals surface area contributed by atoms with Crippen LogP contribution in [0.25, 0.3) is 0 Å². The van der Waals surface area contributed by atoms with E-state index in [2.05, 4.69) is 33.0 Å². The Bertz CT molecular complexity index is 379. The van der Waals surface area contributed by atoms with Crippen LogP contribution in [0.1, 0.15) is 44.8 Å². The molecule has 1 aromatic rings. The summed E-state index contributed by atoms with van der Waals surface area (Å²) in [6.45, 7) is 12.3. The topological polar surface area (TPSA) is 43.6 Å². The molecule has 0 aliphatic carbocycles. The first kappa shape index (κ1) is 16.2. The average Bonchev–Trinajstić information content (AvgIpc) is 2.64. The lowest BCUT2D eigenvalue weighted by Crippen LogP contribution is -2.35. The number of aryl methyl sites for hydroxylation is 1. The van der Waals surface area contributed by atoms with Crippen LogP contribution in [0, 0.1) is 6.92 Å². The Morgan fingerprint density at radius 1 is 1.37 bits per heavy atom. The Balaban J connectivity index is 2.49.